The second kappa shape index (κ2) is 3.90. The molecule has 15 heavy (non-hydrogen) atoms. The lowest BCUT2D eigenvalue weighted by molar-refractivity contribution is -0.148. The van der Waals surface area contributed by atoms with E-state index >= 15 is 0 Å². The van der Waals surface area contributed by atoms with Gasteiger partial charge in [0.1, 0.15) is 5.01 Å². The number of ether oxygens (including phenoxy) is 1. The van der Waals surface area contributed by atoms with Crippen LogP contribution in [0.5, 0.6) is 0 Å². The van der Waals surface area contributed by atoms with E-state index < -0.39 is 5.54 Å². The number of methoxy groups -OCH3 is 1. The number of nitrogens with one attached hydrogen (secondary N) is 1. The minimum absolute atomic E-state index is 0.274. The van der Waals surface area contributed by atoms with Gasteiger partial charge in [0.15, 0.2) is 5.54 Å². The van der Waals surface area contributed by atoms with Crippen LogP contribution in [-0.2, 0) is 15.1 Å². The Labute approximate surface area is 92.7 Å². The smallest absolute Gasteiger partial charge is 0.332 e. The number of nitrogens with zero attached hydrogens (tertiary/aromatic N) is 1. The molecular formula is C10H14N2O2S. The van der Waals surface area contributed by atoms with Crippen LogP contribution in [0.2, 0.25) is 0 Å². The van der Waals surface area contributed by atoms with E-state index in [0.29, 0.717) is 6.04 Å². The van der Waals surface area contributed by atoms with E-state index in [1.807, 2.05) is 12.3 Å². The Morgan fingerprint density at radius 3 is 2.93 bits per heavy atom. The Morgan fingerprint density at radius 2 is 2.47 bits per heavy atom. The molecule has 0 spiro atoms. The van der Waals surface area contributed by atoms with Gasteiger partial charge < -0.3 is 4.74 Å². The van der Waals surface area contributed by atoms with Crippen LogP contribution in [0.4, 0.5) is 0 Å². The highest BCUT2D eigenvalue weighted by Crippen LogP contribution is 2.30. The van der Waals surface area contributed by atoms with Gasteiger partial charge in [0, 0.05) is 17.6 Å². The summed E-state index contributed by atoms with van der Waals surface area (Å²) in [6, 6.07) is 0.429. The Morgan fingerprint density at radius 1 is 1.73 bits per heavy atom. The number of aromatic nitrogens is 1. The van der Waals surface area contributed by atoms with Crippen molar-refractivity contribution in [3.8, 4) is 0 Å². The molecule has 1 fully saturated rings. The van der Waals surface area contributed by atoms with Crippen molar-refractivity contribution in [2.45, 2.75) is 31.3 Å². The summed E-state index contributed by atoms with van der Waals surface area (Å²) in [5.74, 6) is -0.274. The molecule has 0 aliphatic heterocycles. The maximum Gasteiger partial charge on any atom is 0.332 e. The largest absolute Gasteiger partial charge is 0.467 e. The summed E-state index contributed by atoms with van der Waals surface area (Å²) in [5, 5.41) is 5.93. The first-order valence-electron chi connectivity index (χ1n) is 4.93. The maximum absolute atomic E-state index is 11.8. The fourth-order valence-electron chi connectivity index (χ4n) is 1.52. The predicted molar refractivity (Wildman–Crippen MR) is 57.6 cm³/mol. The molecule has 1 aromatic heterocycles. The lowest BCUT2D eigenvalue weighted by Gasteiger charge is -2.25. The first-order chi connectivity index (χ1) is 7.16. The van der Waals surface area contributed by atoms with Gasteiger partial charge >= 0.3 is 5.97 Å². The normalized spacial score (nSPS) is 19.6. The Kier molecular flexibility index (Phi) is 2.75. The average Bonchev–Trinajstić information content (AvgIpc) is 2.87. The molecule has 0 aromatic carbocycles. The molecule has 2 rings (SSSR count). The molecule has 1 aliphatic carbocycles. The number of carbonyl (C=O) groups excluding carboxylic acids is 1. The van der Waals surface area contributed by atoms with Crippen LogP contribution in [0, 0.1) is 0 Å². The van der Waals surface area contributed by atoms with E-state index in [1.165, 1.54) is 18.4 Å². The highest BCUT2D eigenvalue weighted by atomic mass is 32.1. The van der Waals surface area contributed by atoms with Crippen molar-refractivity contribution in [2.75, 3.05) is 7.11 Å². The molecule has 1 N–H and O–H groups in total. The fraction of sp³-hybridized carbons (Fsp3) is 0.600. The third-order valence-electron chi connectivity index (χ3n) is 2.52. The van der Waals surface area contributed by atoms with E-state index in [4.69, 9.17) is 4.74 Å². The monoisotopic (exact) mass is 226 g/mol. The fourth-order valence-corrected chi connectivity index (χ4v) is 2.27. The van der Waals surface area contributed by atoms with Crippen LogP contribution >= 0.6 is 11.3 Å². The molecule has 4 nitrogen and oxygen atoms in total. The quantitative estimate of drug-likeness (QED) is 0.786. The van der Waals surface area contributed by atoms with Crippen molar-refractivity contribution in [1.82, 2.24) is 10.3 Å². The third-order valence-corrected chi connectivity index (χ3v) is 3.52. The van der Waals surface area contributed by atoms with E-state index in [1.54, 1.807) is 6.20 Å². The Bertz CT molecular complexity index is 348. The molecule has 0 bridgehead atoms. The van der Waals surface area contributed by atoms with Crippen molar-refractivity contribution >= 4 is 17.3 Å². The Balaban J connectivity index is 2.24. The molecule has 0 saturated heterocycles. The van der Waals surface area contributed by atoms with Gasteiger partial charge in [-0.15, -0.1) is 11.3 Å². The molecule has 82 valence electrons. The zero-order chi connectivity index (χ0) is 10.9. The molecule has 0 amide bonds. The summed E-state index contributed by atoms with van der Waals surface area (Å²) in [4.78, 5) is 16.0. The van der Waals surface area contributed by atoms with Crippen molar-refractivity contribution < 1.29 is 9.53 Å². The molecular weight excluding hydrogens is 212 g/mol. The summed E-state index contributed by atoms with van der Waals surface area (Å²) in [6.45, 7) is 1.83. The summed E-state index contributed by atoms with van der Waals surface area (Å²) in [5.41, 5.74) is -0.788. The summed E-state index contributed by atoms with van der Waals surface area (Å²) in [7, 11) is 1.41. The van der Waals surface area contributed by atoms with E-state index in [2.05, 4.69) is 10.3 Å². The highest BCUT2D eigenvalue weighted by molar-refractivity contribution is 7.09. The summed E-state index contributed by atoms with van der Waals surface area (Å²) < 4.78 is 4.83. The van der Waals surface area contributed by atoms with Gasteiger partial charge in [-0.2, -0.15) is 0 Å². The molecule has 1 aliphatic rings. The first-order valence-corrected chi connectivity index (χ1v) is 5.81. The Hall–Kier alpha value is -0.940. The zero-order valence-corrected chi connectivity index (χ0v) is 9.63. The van der Waals surface area contributed by atoms with E-state index in [-0.39, 0.29) is 5.97 Å². The number of rotatable bonds is 4. The van der Waals surface area contributed by atoms with Crippen molar-refractivity contribution in [1.29, 1.82) is 0 Å². The van der Waals surface area contributed by atoms with Gasteiger partial charge in [0.05, 0.1) is 7.11 Å². The molecule has 5 heteroatoms. The highest BCUT2D eigenvalue weighted by Gasteiger charge is 2.42. The van der Waals surface area contributed by atoms with Gasteiger partial charge in [0.2, 0.25) is 0 Å². The first kappa shape index (κ1) is 10.6. The third kappa shape index (κ3) is 2.03. The van der Waals surface area contributed by atoms with Crippen molar-refractivity contribution in [2.24, 2.45) is 0 Å². The van der Waals surface area contributed by atoms with Crippen LogP contribution in [0.1, 0.15) is 24.8 Å². The minimum Gasteiger partial charge on any atom is -0.467 e. The van der Waals surface area contributed by atoms with Crippen molar-refractivity contribution in [3.63, 3.8) is 0 Å². The van der Waals surface area contributed by atoms with Gasteiger partial charge in [-0.05, 0) is 19.8 Å². The summed E-state index contributed by atoms with van der Waals surface area (Å²) in [6.07, 6.45) is 3.95. The van der Waals surface area contributed by atoms with Crippen LogP contribution < -0.4 is 5.32 Å². The van der Waals surface area contributed by atoms with Gasteiger partial charge in [-0.1, -0.05) is 0 Å². The molecule has 1 heterocycles. The van der Waals surface area contributed by atoms with Crippen LogP contribution in [0.25, 0.3) is 0 Å². The van der Waals surface area contributed by atoms with Gasteiger partial charge in [0.25, 0.3) is 0 Å². The average molecular weight is 226 g/mol. The molecule has 1 saturated carbocycles. The molecule has 1 unspecified atom stereocenters. The maximum atomic E-state index is 11.8. The van der Waals surface area contributed by atoms with Gasteiger partial charge in [-0.25, -0.2) is 9.78 Å². The van der Waals surface area contributed by atoms with Crippen molar-refractivity contribution in [3.05, 3.63) is 16.6 Å². The van der Waals surface area contributed by atoms with Gasteiger partial charge in [-0.3, -0.25) is 5.32 Å². The number of esters is 1. The zero-order valence-electron chi connectivity index (χ0n) is 8.82. The number of carbonyl (C=O) groups is 1. The predicted octanol–water partition coefficient (Wildman–Crippen LogP) is 1.28. The SMILES string of the molecule is COC(=O)C(C)(NC1CC1)c1nccs1. The van der Waals surface area contributed by atoms with Crippen LogP contribution in [0.15, 0.2) is 11.6 Å². The molecule has 1 aromatic rings. The number of thiazole rings is 1. The second-order valence-corrected chi connectivity index (χ2v) is 4.77. The standard InChI is InChI=1S/C10H14N2O2S/c1-10(9(13)14-2,12-7-3-4-7)8-11-5-6-15-8/h5-7,12H,3-4H2,1-2H3. The molecule has 1 atom stereocenters. The van der Waals surface area contributed by atoms with Crippen LogP contribution in [0.3, 0.4) is 0 Å². The topological polar surface area (TPSA) is 51.2 Å². The van der Waals surface area contributed by atoms with Crippen LogP contribution in [-0.4, -0.2) is 24.1 Å². The minimum atomic E-state index is -0.788. The molecule has 0 radical (unpaired) electrons. The second-order valence-electron chi connectivity index (χ2n) is 3.87. The summed E-state index contributed by atoms with van der Waals surface area (Å²) >= 11 is 1.47. The number of hydrogen-bond donors (Lipinski definition) is 1. The number of hydrogen-bond acceptors (Lipinski definition) is 5. The van der Waals surface area contributed by atoms with E-state index in [0.717, 1.165) is 17.8 Å². The lowest BCUT2D eigenvalue weighted by Crippen LogP contribution is -2.48. The van der Waals surface area contributed by atoms with E-state index in [9.17, 15) is 4.79 Å². The lowest BCUT2D eigenvalue weighted by atomic mass is 10.0.